The monoisotopic (exact) mass is 297 g/mol. The van der Waals surface area contributed by atoms with E-state index in [0.29, 0.717) is 12.2 Å². The van der Waals surface area contributed by atoms with Gasteiger partial charge in [0, 0.05) is 6.07 Å². The van der Waals surface area contributed by atoms with Gasteiger partial charge in [-0.05, 0) is 19.3 Å². The third kappa shape index (κ3) is 5.64. The van der Waals surface area contributed by atoms with Gasteiger partial charge < -0.3 is 20.3 Å². The molecule has 0 aliphatic heterocycles. The van der Waals surface area contributed by atoms with Gasteiger partial charge in [0.2, 0.25) is 5.91 Å². The summed E-state index contributed by atoms with van der Waals surface area (Å²) >= 11 is 0. The highest BCUT2D eigenvalue weighted by atomic mass is 16.5. The van der Waals surface area contributed by atoms with E-state index in [1.54, 1.807) is 6.92 Å². The highest BCUT2D eigenvalue weighted by molar-refractivity contribution is 5.95. The molecule has 1 aromatic heterocycles. The number of aromatic nitrogens is 1. The van der Waals surface area contributed by atoms with Crippen LogP contribution >= 0.6 is 0 Å². The first-order chi connectivity index (χ1) is 9.79. The third-order valence-corrected chi connectivity index (χ3v) is 2.61. The molecule has 0 unspecified atom stereocenters. The molecule has 8 nitrogen and oxygen atoms in total. The van der Waals surface area contributed by atoms with Crippen LogP contribution in [0.5, 0.6) is 0 Å². The Morgan fingerprint density at radius 1 is 1.38 bits per heavy atom. The van der Waals surface area contributed by atoms with E-state index in [1.807, 2.05) is 13.8 Å². The van der Waals surface area contributed by atoms with Gasteiger partial charge in [0.1, 0.15) is 11.8 Å². The molecule has 1 atom stereocenters. The number of carboxylic acids is 1. The number of aliphatic carboxylic acids is 1. The number of nitrogens with one attached hydrogen (secondary N) is 2. The SMILES string of the molecule is Cc1cc(C(=O)NCC(=O)N[C@@H](CC(C)C)C(=O)O)no1. The van der Waals surface area contributed by atoms with Crippen molar-refractivity contribution in [2.24, 2.45) is 5.92 Å². The van der Waals surface area contributed by atoms with E-state index < -0.39 is 23.8 Å². The number of nitrogens with zero attached hydrogens (tertiary/aromatic N) is 1. The quantitative estimate of drug-likeness (QED) is 0.666. The minimum Gasteiger partial charge on any atom is -0.480 e. The van der Waals surface area contributed by atoms with Gasteiger partial charge >= 0.3 is 5.97 Å². The zero-order chi connectivity index (χ0) is 16.0. The molecule has 0 saturated carbocycles. The van der Waals surface area contributed by atoms with Crippen molar-refractivity contribution in [2.75, 3.05) is 6.54 Å². The lowest BCUT2D eigenvalue weighted by molar-refractivity contribution is -0.142. The second-order valence-corrected chi connectivity index (χ2v) is 5.09. The van der Waals surface area contributed by atoms with Gasteiger partial charge in [-0.2, -0.15) is 0 Å². The van der Waals surface area contributed by atoms with E-state index >= 15 is 0 Å². The number of amides is 2. The summed E-state index contributed by atoms with van der Waals surface area (Å²) in [7, 11) is 0. The summed E-state index contributed by atoms with van der Waals surface area (Å²) < 4.78 is 4.74. The van der Waals surface area contributed by atoms with E-state index in [4.69, 9.17) is 9.63 Å². The number of rotatable bonds is 7. The van der Waals surface area contributed by atoms with E-state index in [0.717, 1.165) is 0 Å². The van der Waals surface area contributed by atoms with Crippen molar-refractivity contribution in [3.63, 3.8) is 0 Å². The van der Waals surface area contributed by atoms with Crippen LogP contribution in [0.1, 0.15) is 36.5 Å². The molecule has 0 aliphatic rings. The fourth-order valence-corrected chi connectivity index (χ4v) is 1.66. The molecule has 0 bridgehead atoms. The van der Waals surface area contributed by atoms with Crippen LogP contribution in [0, 0.1) is 12.8 Å². The second-order valence-electron chi connectivity index (χ2n) is 5.09. The maximum Gasteiger partial charge on any atom is 0.326 e. The Morgan fingerprint density at radius 2 is 2.05 bits per heavy atom. The first-order valence-electron chi connectivity index (χ1n) is 6.53. The summed E-state index contributed by atoms with van der Waals surface area (Å²) in [4.78, 5) is 34.3. The molecule has 0 spiro atoms. The van der Waals surface area contributed by atoms with Gasteiger partial charge in [-0.3, -0.25) is 9.59 Å². The van der Waals surface area contributed by atoms with Gasteiger partial charge in [0.05, 0.1) is 6.54 Å². The molecule has 0 aromatic carbocycles. The van der Waals surface area contributed by atoms with E-state index in [9.17, 15) is 14.4 Å². The molecule has 0 fully saturated rings. The van der Waals surface area contributed by atoms with Crippen molar-refractivity contribution in [1.29, 1.82) is 0 Å². The van der Waals surface area contributed by atoms with Crippen LogP contribution in [0.3, 0.4) is 0 Å². The van der Waals surface area contributed by atoms with E-state index in [1.165, 1.54) is 6.07 Å². The Kier molecular flexibility index (Phi) is 5.89. The minimum atomic E-state index is -1.10. The zero-order valence-corrected chi connectivity index (χ0v) is 12.2. The molecule has 1 aromatic rings. The number of hydrogen-bond donors (Lipinski definition) is 3. The average molecular weight is 297 g/mol. The summed E-state index contributed by atoms with van der Waals surface area (Å²) in [6.45, 7) is 5.03. The van der Waals surface area contributed by atoms with Crippen LogP contribution < -0.4 is 10.6 Å². The Hall–Kier alpha value is -2.38. The van der Waals surface area contributed by atoms with Gasteiger partial charge in [-0.15, -0.1) is 0 Å². The molecule has 8 heteroatoms. The van der Waals surface area contributed by atoms with Crippen LogP contribution in [0.2, 0.25) is 0 Å². The molecule has 1 heterocycles. The van der Waals surface area contributed by atoms with Gasteiger partial charge in [0.15, 0.2) is 5.69 Å². The second kappa shape index (κ2) is 7.41. The molecule has 21 heavy (non-hydrogen) atoms. The largest absolute Gasteiger partial charge is 0.480 e. The van der Waals surface area contributed by atoms with E-state index in [2.05, 4.69) is 15.8 Å². The smallest absolute Gasteiger partial charge is 0.326 e. The number of aryl methyl sites for hydroxylation is 1. The summed E-state index contributed by atoms with van der Waals surface area (Å²) in [6, 6.07) is 0.468. The topological polar surface area (TPSA) is 122 Å². The van der Waals surface area contributed by atoms with Gasteiger partial charge in [0.25, 0.3) is 5.91 Å². The minimum absolute atomic E-state index is 0.0669. The lowest BCUT2D eigenvalue weighted by Crippen LogP contribution is -2.46. The first kappa shape index (κ1) is 16.7. The number of carbonyl (C=O) groups excluding carboxylic acids is 2. The molecule has 1 rings (SSSR count). The Bertz CT molecular complexity index is 524. The maximum atomic E-state index is 11.6. The van der Waals surface area contributed by atoms with Crippen molar-refractivity contribution in [2.45, 2.75) is 33.2 Å². The fourth-order valence-electron chi connectivity index (χ4n) is 1.66. The molecule has 2 amide bonds. The maximum absolute atomic E-state index is 11.6. The van der Waals surface area contributed by atoms with Crippen LogP contribution in [0.4, 0.5) is 0 Å². The molecule has 3 N–H and O–H groups in total. The van der Waals surface area contributed by atoms with Crippen LogP contribution in [-0.2, 0) is 9.59 Å². The third-order valence-electron chi connectivity index (χ3n) is 2.61. The molecular formula is C13H19N3O5. The standard InChI is InChI=1S/C13H19N3O5/c1-7(2)4-10(13(19)20)15-11(17)6-14-12(18)9-5-8(3)21-16-9/h5,7,10H,4,6H2,1-3H3,(H,14,18)(H,15,17)(H,19,20)/t10-/m0/s1. The Morgan fingerprint density at radius 3 is 2.52 bits per heavy atom. The van der Waals surface area contributed by atoms with Crippen LogP contribution in [0.15, 0.2) is 10.6 Å². The van der Waals surface area contributed by atoms with E-state index in [-0.39, 0.29) is 18.2 Å². The van der Waals surface area contributed by atoms with Crippen molar-refractivity contribution in [1.82, 2.24) is 15.8 Å². The average Bonchev–Trinajstić information content (AvgIpc) is 2.81. The zero-order valence-electron chi connectivity index (χ0n) is 12.2. The molecule has 0 radical (unpaired) electrons. The molecule has 116 valence electrons. The molecular weight excluding hydrogens is 278 g/mol. The lowest BCUT2D eigenvalue weighted by Gasteiger charge is -2.16. The molecule has 0 saturated heterocycles. The van der Waals surface area contributed by atoms with Crippen LogP contribution in [-0.4, -0.2) is 40.6 Å². The highest BCUT2D eigenvalue weighted by Gasteiger charge is 2.21. The van der Waals surface area contributed by atoms with Crippen molar-refractivity contribution in [3.8, 4) is 0 Å². The number of carbonyl (C=O) groups is 3. The summed E-state index contributed by atoms with van der Waals surface area (Å²) in [6.07, 6.45) is 0.317. The lowest BCUT2D eigenvalue weighted by atomic mass is 10.0. The Balaban J connectivity index is 2.45. The van der Waals surface area contributed by atoms with Gasteiger partial charge in [-0.25, -0.2) is 4.79 Å². The van der Waals surface area contributed by atoms with Crippen LogP contribution in [0.25, 0.3) is 0 Å². The van der Waals surface area contributed by atoms with Crippen molar-refractivity contribution < 1.29 is 24.0 Å². The van der Waals surface area contributed by atoms with Crippen molar-refractivity contribution >= 4 is 17.8 Å². The fraction of sp³-hybridized carbons (Fsp3) is 0.538. The predicted octanol–water partition coefficient (Wildman–Crippen LogP) is 0.328. The number of carboxylic acid groups (broad SMARTS) is 1. The summed E-state index contributed by atoms with van der Waals surface area (Å²) in [5.74, 6) is -1.63. The summed E-state index contributed by atoms with van der Waals surface area (Å²) in [5, 5.41) is 17.2. The normalized spacial score (nSPS) is 12.0. The number of hydrogen-bond acceptors (Lipinski definition) is 5. The van der Waals surface area contributed by atoms with Gasteiger partial charge in [-0.1, -0.05) is 19.0 Å². The predicted molar refractivity (Wildman–Crippen MR) is 72.6 cm³/mol. The highest BCUT2D eigenvalue weighted by Crippen LogP contribution is 2.05. The van der Waals surface area contributed by atoms with Crippen molar-refractivity contribution in [3.05, 3.63) is 17.5 Å². The Labute approximate surface area is 121 Å². The first-order valence-corrected chi connectivity index (χ1v) is 6.53. The molecule has 0 aliphatic carbocycles. The summed E-state index contributed by atoms with van der Waals surface area (Å²) in [5.41, 5.74) is 0.0669.